The van der Waals surface area contributed by atoms with Gasteiger partial charge in [0.15, 0.2) is 5.75 Å². The summed E-state index contributed by atoms with van der Waals surface area (Å²) in [5, 5.41) is 3.88. The highest BCUT2D eigenvalue weighted by Gasteiger charge is 2.06. The Morgan fingerprint density at radius 1 is 1.29 bits per heavy atom. The summed E-state index contributed by atoms with van der Waals surface area (Å²) in [6.07, 6.45) is 4.90. The van der Waals surface area contributed by atoms with Crippen LogP contribution in [0.25, 0.3) is 0 Å². The number of halogens is 1. The third-order valence-electron chi connectivity index (χ3n) is 2.82. The number of rotatable bonds is 6. The van der Waals surface area contributed by atoms with Gasteiger partial charge in [-0.05, 0) is 19.4 Å². The van der Waals surface area contributed by atoms with Gasteiger partial charge in [-0.3, -0.25) is 4.98 Å². The number of aromatic nitrogens is 3. The molecular weight excluding hydrogens is 288 g/mol. The molecule has 0 amide bonds. The fourth-order valence-corrected chi connectivity index (χ4v) is 1.91. The van der Waals surface area contributed by atoms with Crippen molar-refractivity contribution in [2.75, 3.05) is 6.54 Å². The van der Waals surface area contributed by atoms with Crippen molar-refractivity contribution in [2.45, 2.75) is 27.3 Å². The molecule has 112 valence electrons. The summed E-state index contributed by atoms with van der Waals surface area (Å²) in [6.45, 7) is 8.00. The summed E-state index contributed by atoms with van der Waals surface area (Å²) in [4.78, 5) is 12.5. The van der Waals surface area contributed by atoms with Gasteiger partial charge in [0.25, 0.3) is 0 Å². The maximum Gasteiger partial charge on any atom is 0.322 e. The molecule has 2 rings (SSSR count). The van der Waals surface area contributed by atoms with Gasteiger partial charge in [-0.1, -0.05) is 25.4 Å². The number of hydrogen-bond donors (Lipinski definition) is 1. The molecule has 6 heteroatoms. The number of hydrogen-bond acceptors (Lipinski definition) is 5. The van der Waals surface area contributed by atoms with E-state index in [1.807, 2.05) is 6.92 Å². The van der Waals surface area contributed by atoms with Crippen molar-refractivity contribution >= 4 is 11.6 Å². The van der Waals surface area contributed by atoms with Crippen LogP contribution in [0.5, 0.6) is 11.8 Å². The van der Waals surface area contributed by atoms with Gasteiger partial charge in [0.05, 0.1) is 11.2 Å². The van der Waals surface area contributed by atoms with E-state index in [2.05, 4.69) is 34.1 Å². The normalized spacial score (nSPS) is 10.9. The first-order valence-corrected chi connectivity index (χ1v) is 7.24. The molecule has 2 aromatic rings. The van der Waals surface area contributed by atoms with Crippen LogP contribution < -0.4 is 10.1 Å². The zero-order chi connectivity index (χ0) is 15.2. The molecule has 0 saturated carbocycles. The van der Waals surface area contributed by atoms with E-state index in [4.69, 9.17) is 16.3 Å². The van der Waals surface area contributed by atoms with Crippen molar-refractivity contribution in [3.8, 4) is 11.8 Å². The summed E-state index contributed by atoms with van der Waals surface area (Å²) >= 11 is 5.86. The number of aryl methyl sites for hydroxylation is 1. The van der Waals surface area contributed by atoms with Crippen LogP contribution in [0.3, 0.4) is 0 Å². The molecular formula is C15H19ClN4O. The fraction of sp³-hybridized carbons (Fsp3) is 0.400. The van der Waals surface area contributed by atoms with E-state index in [0.717, 1.165) is 24.3 Å². The quantitative estimate of drug-likeness (QED) is 0.886. The van der Waals surface area contributed by atoms with Crippen molar-refractivity contribution in [3.63, 3.8) is 0 Å². The Balaban J connectivity index is 2.01. The van der Waals surface area contributed by atoms with Gasteiger partial charge in [-0.15, -0.1) is 0 Å². The smallest absolute Gasteiger partial charge is 0.322 e. The first-order chi connectivity index (χ1) is 10.0. The Bertz CT molecular complexity index is 604. The van der Waals surface area contributed by atoms with E-state index in [-0.39, 0.29) is 0 Å². The highest BCUT2D eigenvalue weighted by atomic mass is 35.5. The molecule has 0 spiro atoms. The van der Waals surface area contributed by atoms with Gasteiger partial charge in [-0.25, -0.2) is 4.98 Å². The summed E-state index contributed by atoms with van der Waals surface area (Å²) in [6, 6.07) is 1.97. The molecule has 0 radical (unpaired) electrons. The van der Waals surface area contributed by atoms with Crippen LogP contribution in [0, 0.1) is 12.8 Å². The Morgan fingerprint density at radius 3 is 2.76 bits per heavy atom. The fourth-order valence-electron chi connectivity index (χ4n) is 1.74. The topological polar surface area (TPSA) is 59.9 Å². The Hall–Kier alpha value is -1.72. The molecule has 21 heavy (non-hydrogen) atoms. The van der Waals surface area contributed by atoms with Gasteiger partial charge < -0.3 is 10.1 Å². The van der Waals surface area contributed by atoms with E-state index in [0.29, 0.717) is 22.7 Å². The summed E-state index contributed by atoms with van der Waals surface area (Å²) in [5.74, 6) is 1.14. The lowest BCUT2D eigenvalue weighted by Gasteiger charge is -2.10. The van der Waals surface area contributed by atoms with Crippen LogP contribution in [-0.4, -0.2) is 21.5 Å². The third-order valence-corrected chi connectivity index (χ3v) is 3.02. The predicted octanol–water partition coefficient (Wildman–Crippen LogP) is 3.37. The van der Waals surface area contributed by atoms with Crippen molar-refractivity contribution in [1.82, 2.24) is 20.3 Å². The lowest BCUT2D eigenvalue weighted by Crippen LogP contribution is -2.20. The molecule has 1 N–H and O–H groups in total. The van der Waals surface area contributed by atoms with Gasteiger partial charge in [-0.2, -0.15) is 4.98 Å². The molecule has 2 heterocycles. The van der Waals surface area contributed by atoms with Gasteiger partial charge >= 0.3 is 6.01 Å². The van der Waals surface area contributed by atoms with Crippen LogP contribution in [0.1, 0.15) is 25.1 Å². The predicted molar refractivity (Wildman–Crippen MR) is 82.6 cm³/mol. The van der Waals surface area contributed by atoms with Crippen molar-refractivity contribution in [3.05, 3.63) is 40.9 Å². The number of pyridine rings is 1. The first-order valence-electron chi connectivity index (χ1n) is 6.86. The van der Waals surface area contributed by atoms with Gasteiger partial charge in [0.2, 0.25) is 0 Å². The molecule has 0 aliphatic heterocycles. The zero-order valence-corrected chi connectivity index (χ0v) is 13.2. The lowest BCUT2D eigenvalue weighted by atomic mass is 10.2. The van der Waals surface area contributed by atoms with Crippen LogP contribution in [-0.2, 0) is 6.54 Å². The molecule has 2 aromatic heterocycles. The van der Waals surface area contributed by atoms with Crippen molar-refractivity contribution < 1.29 is 4.74 Å². The minimum atomic E-state index is 0.296. The molecule has 0 unspecified atom stereocenters. The summed E-state index contributed by atoms with van der Waals surface area (Å²) < 4.78 is 5.55. The average Bonchev–Trinajstić information content (AvgIpc) is 2.41. The standard InChI is InChI=1S/C15H19ClN4O/c1-10(2)5-17-6-12-7-19-15(20-11(12)3)21-14-4-13(16)8-18-9-14/h4,7-10,17H,5-6H2,1-3H3. The monoisotopic (exact) mass is 306 g/mol. The van der Waals surface area contributed by atoms with E-state index in [1.165, 1.54) is 0 Å². The highest BCUT2D eigenvalue weighted by molar-refractivity contribution is 6.30. The summed E-state index contributed by atoms with van der Waals surface area (Å²) in [7, 11) is 0. The molecule has 0 saturated heterocycles. The number of ether oxygens (including phenoxy) is 1. The lowest BCUT2D eigenvalue weighted by molar-refractivity contribution is 0.437. The van der Waals surface area contributed by atoms with Crippen LogP contribution >= 0.6 is 11.6 Å². The van der Waals surface area contributed by atoms with E-state index in [9.17, 15) is 0 Å². The Kier molecular flexibility index (Phi) is 5.47. The Morgan fingerprint density at radius 2 is 2.10 bits per heavy atom. The molecule has 0 bridgehead atoms. The maximum absolute atomic E-state index is 5.86. The van der Waals surface area contributed by atoms with Crippen molar-refractivity contribution in [2.24, 2.45) is 5.92 Å². The van der Waals surface area contributed by atoms with E-state index >= 15 is 0 Å². The number of nitrogens with one attached hydrogen (secondary N) is 1. The second-order valence-electron chi connectivity index (χ2n) is 5.23. The molecule has 0 aromatic carbocycles. The van der Waals surface area contributed by atoms with E-state index in [1.54, 1.807) is 24.7 Å². The first kappa shape index (κ1) is 15.7. The average molecular weight is 307 g/mol. The zero-order valence-electron chi connectivity index (χ0n) is 12.4. The van der Waals surface area contributed by atoms with Gasteiger partial charge in [0.1, 0.15) is 0 Å². The van der Waals surface area contributed by atoms with E-state index < -0.39 is 0 Å². The molecule has 0 fully saturated rings. The summed E-state index contributed by atoms with van der Waals surface area (Å²) in [5.41, 5.74) is 1.96. The number of nitrogens with zero attached hydrogens (tertiary/aromatic N) is 3. The van der Waals surface area contributed by atoms with Crippen molar-refractivity contribution in [1.29, 1.82) is 0 Å². The highest BCUT2D eigenvalue weighted by Crippen LogP contribution is 2.20. The van der Waals surface area contributed by atoms with Gasteiger partial charge in [0, 0.05) is 36.3 Å². The van der Waals surface area contributed by atoms with Crippen LogP contribution in [0.15, 0.2) is 24.7 Å². The third kappa shape index (κ3) is 4.95. The van der Waals surface area contributed by atoms with Crippen LogP contribution in [0.2, 0.25) is 5.02 Å². The second kappa shape index (κ2) is 7.33. The molecule has 0 atom stereocenters. The largest absolute Gasteiger partial charge is 0.423 e. The van der Waals surface area contributed by atoms with Crippen LogP contribution in [0.4, 0.5) is 0 Å². The second-order valence-corrected chi connectivity index (χ2v) is 5.67. The molecule has 0 aliphatic rings. The minimum absolute atomic E-state index is 0.296. The minimum Gasteiger partial charge on any atom is -0.423 e. The molecule has 0 aliphatic carbocycles. The molecule has 5 nitrogen and oxygen atoms in total. The Labute approximate surface area is 129 Å². The maximum atomic E-state index is 5.86. The SMILES string of the molecule is Cc1nc(Oc2cncc(Cl)c2)ncc1CNCC(C)C.